The van der Waals surface area contributed by atoms with Gasteiger partial charge in [-0.15, -0.1) is 0 Å². The third-order valence-electron chi connectivity index (χ3n) is 6.24. The molecule has 4 nitrogen and oxygen atoms in total. The van der Waals surface area contributed by atoms with Gasteiger partial charge in [-0.05, 0) is 73.7 Å². The number of aliphatic hydroxyl groups is 1. The third-order valence-corrected chi connectivity index (χ3v) is 6.24. The van der Waals surface area contributed by atoms with Crippen LogP contribution in [0, 0.1) is 0 Å². The average molecular weight is 404 g/mol. The van der Waals surface area contributed by atoms with Crippen LogP contribution in [-0.2, 0) is 13.0 Å². The van der Waals surface area contributed by atoms with Crippen molar-refractivity contribution in [1.29, 1.82) is 0 Å². The van der Waals surface area contributed by atoms with Gasteiger partial charge in [0.2, 0.25) is 0 Å². The summed E-state index contributed by atoms with van der Waals surface area (Å²) in [5.41, 5.74) is 2.49. The molecule has 0 saturated carbocycles. The van der Waals surface area contributed by atoms with Gasteiger partial charge in [0.05, 0.1) is 6.10 Å². The Bertz CT molecular complexity index is 957. The number of benzene rings is 2. The number of β-amino-alcohol motifs (C(OH)–C–C–N with tert-alkyl or cyclic N) is 1. The van der Waals surface area contributed by atoms with E-state index in [0.29, 0.717) is 6.54 Å². The van der Waals surface area contributed by atoms with Crippen LogP contribution in [0.25, 0.3) is 10.8 Å². The summed E-state index contributed by atoms with van der Waals surface area (Å²) in [5.74, 6) is 0. The Morgan fingerprint density at radius 2 is 1.83 bits per heavy atom. The van der Waals surface area contributed by atoms with Crippen molar-refractivity contribution in [3.05, 3.63) is 78.1 Å². The van der Waals surface area contributed by atoms with E-state index in [0.717, 1.165) is 32.4 Å². The van der Waals surface area contributed by atoms with Gasteiger partial charge in [0, 0.05) is 37.1 Å². The molecular weight excluding hydrogens is 370 g/mol. The number of aromatic nitrogens is 1. The maximum atomic E-state index is 11.0. The Hall–Kier alpha value is -2.27. The summed E-state index contributed by atoms with van der Waals surface area (Å²) in [5, 5.41) is 17.1. The van der Waals surface area contributed by atoms with Crippen LogP contribution in [-0.4, -0.2) is 45.8 Å². The van der Waals surface area contributed by atoms with Crippen molar-refractivity contribution in [3.63, 3.8) is 0 Å². The molecule has 2 aromatic carbocycles. The lowest BCUT2D eigenvalue weighted by molar-refractivity contribution is 0.0633. The zero-order valence-electron chi connectivity index (χ0n) is 18.1. The highest BCUT2D eigenvalue weighted by Gasteiger charge is 2.31. The highest BCUT2D eigenvalue weighted by Crippen LogP contribution is 2.24. The van der Waals surface area contributed by atoms with Crippen molar-refractivity contribution in [3.8, 4) is 0 Å². The zero-order chi connectivity index (χ0) is 21.0. The minimum absolute atomic E-state index is 0.0853. The van der Waals surface area contributed by atoms with Crippen LogP contribution in [0.4, 0.5) is 0 Å². The molecule has 3 aromatic rings. The highest BCUT2D eigenvalue weighted by molar-refractivity contribution is 5.83. The Balaban J connectivity index is 1.33. The van der Waals surface area contributed by atoms with Crippen LogP contribution in [0.1, 0.15) is 37.8 Å². The molecule has 1 aliphatic heterocycles. The van der Waals surface area contributed by atoms with Crippen molar-refractivity contribution < 1.29 is 5.11 Å². The molecule has 1 saturated heterocycles. The van der Waals surface area contributed by atoms with Crippen LogP contribution in [0.2, 0.25) is 0 Å². The van der Waals surface area contributed by atoms with Gasteiger partial charge in [-0.1, -0.05) is 42.5 Å². The largest absolute Gasteiger partial charge is 0.390 e. The molecule has 0 unspecified atom stereocenters. The van der Waals surface area contributed by atoms with Crippen molar-refractivity contribution in [2.75, 3.05) is 13.1 Å². The van der Waals surface area contributed by atoms with Crippen molar-refractivity contribution in [2.24, 2.45) is 0 Å². The Labute approximate surface area is 180 Å². The SMILES string of the molecule is CC(C)(Cc1ccc2ccccc2c1)NC[C@@H](O)[C@H]1CCCN1Cc1ccncc1. The molecule has 0 amide bonds. The van der Waals surface area contributed by atoms with Crippen LogP contribution >= 0.6 is 0 Å². The second kappa shape index (κ2) is 9.25. The van der Waals surface area contributed by atoms with Crippen LogP contribution in [0.5, 0.6) is 0 Å². The lowest BCUT2D eigenvalue weighted by atomic mass is 9.93. The second-order valence-corrected chi connectivity index (χ2v) is 9.23. The summed E-state index contributed by atoms with van der Waals surface area (Å²) in [6, 6.07) is 19.5. The molecule has 0 bridgehead atoms. The first-order valence-corrected chi connectivity index (χ1v) is 11.0. The fraction of sp³-hybridized carbons (Fsp3) is 0.423. The van der Waals surface area contributed by atoms with Crippen LogP contribution < -0.4 is 5.32 Å². The second-order valence-electron chi connectivity index (χ2n) is 9.23. The number of likely N-dealkylation sites (tertiary alicyclic amines) is 1. The molecule has 4 rings (SSSR count). The van der Waals surface area contributed by atoms with E-state index in [4.69, 9.17) is 0 Å². The predicted molar refractivity (Wildman–Crippen MR) is 123 cm³/mol. The zero-order valence-corrected chi connectivity index (χ0v) is 18.1. The molecule has 1 aliphatic rings. The van der Waals surface area contributed by atoms with E-state index < -0.39 is 0 Å². The van der Waals surface area contributed by atoms with Crippen molar-refractivity contribution in [2.45, 2.75) is 57.3 Å². The van der Waals surface area contributed by atoms with E-state index in [1.165, 1.54) is 21.9 Å². The minimum Gasteiger partial charge on any atom is -0.390 e. The number of pyridine rings is 1. The number of rotatable bonds is 8. The van der Waals surface area contributed by atoms with Gasteiger partial charge in [-0.25, -0.2) is 0 Å². The van der Waals surface area contributed by atoms with E-state index in [9.17, 15) is 5.11 Å². The van der Waals surface area contributed by atoms with Gasteiger partial charge < -0.3 is 10.4 Å². The first-order chi connectivity index (χ1) is 14.5. The molecule has 2 N–H and O–H groups in total. The first-order valence-electron chi connectivity index (χ1n) is 11.0. The Kier molecular flexibility index (Phi) is 6.47. The molecule has 158 valence electrons. The number of aliphatic hydroxyl groups excluding tert-OH is 1. The van der Waals surface area contributed by atoms with Gasteiger partial charge >= 0.3 is 0 Å². The average Bonchev–Trinajstić information content (AvgIpc) is 3.20. The smallest absolute Gasteiger partial charge is 0.0819 e. The van der Waals surface area contributed by atoms with Gasteiger partial charge in [0.1, 0.15) is 0 Å². The number of fused-ring (bicyclic) bond motifs is 1. The van der Waals surface area contributed by atoms with E-state index >= 15 is 0 Å². The minimum atomic E-state index is -0.370. The fourth-order valence-corrected chi connectivity index (χ4v) is 4.65. The van der Waals surface area contributed by atoms with E-state index in [1.54, 1.807) is 0 Å². The predicted octanol–water partition coefficient (Wildman–Crippen LogP) is 4.17. The highest BCUT2D eigenvalue weighted by atomic mass is 16.3. The lowest BCUT2D eigenvalue weighted by Crippen LogP contribution is -2.50. The van der Waals surface area contributed by atoms with Crippen molar-refractivity contribution in [1.82, 2.24) is 15.2 Å². The molecule has 0 radical (unpaired) electrons. The number of hydrogen-bond donors (Lipinski definition) is 2. The molecule has 2 atom stereocenters. The standard InChI is InChI=1S/C26H33N3O/c1-26(2,17-21-9-10-22-6-3-4-7-23(22)16-21)28-18-25(30)24-8-5-15-29(24)19-20-11-13-27-14-12-20/h3-4,6-7,9-14,16,24-25,28,30H,5,8,15,17-19H2,1-2H3/t24-,25-/m1/s1. The van der Waals surface area contributed by atoms with Gasteiger partial charge in [0.15, 0.2) is 0 Å². The number of nitrogens with zero attached hydrogens (tertiary/aromatic N) is 2. The Morgan fingerprint density at radius 3 is 2.63 bits per heavy atom. The third kappa shape index (κ3) is 5.25. The summed E-state index contributed by atoms with van der Waals surface area (Å²) in [6.07, 6.45) is 6.44. The van der Waals surface area contributed by atoms with Gasteiger partial charge in [-0.2, -0.15) is 0 Å². The molecule has 1 aromatic heterocycles. The lowest BCUT2D eigenvalue weighted by Gasteiger charge is -2.33. The molecule has 4 heteroatoms. The normalized spacial score (nSPS) is 18.7. The first kappa shape index (κ1) is 21.0. The monoisotopic (exact) mass is 403 g/mol. The van der Waals surface area contributed by atoms with Crippen molar-refractivity contribution >= 4 is 10.8 Å². The summed E-state index contributed by atoms with van der Waals surface area (Å²) in [4.78, 5) is 6.52. The van der Waals surface area contributed by atoms with E-state index in [2.05, 4.69) is 83.6 Å². The fourth-order valence-electron chi connectivity index (χ4n) is 4.65. The summed E-state index contributed by atoms with van der Waals surface area (Å²) in [6.45, 7) is 6.98. The van der Waals surface area contributed by atoms with Gasteiger partial charge in [0.25, 0.3) is 0 Å². The Morgan fingerprint density at radius 1 is 1.07 bits per heavy atom. The van der Waals surface area contributed by atoms with Crippen LogP contribution in [0.15, 0.2) is 67.0 Å². The summed E-state index contributed by atoms with van der Waals surface area (Å²) < 4.78 is 0. The topological polar surface area (TPSA) is 48.4 Å². The number of nitrogens with one attached hydrogen (secondary N) is 1. The van der Waals surface area contributed by atoms with E-state index in [-0.39, 0.29) is 17.7 Å². The molecule has 0 aliphatic carbocycles. The van der Waals surface area contributed by atoms with Gasteiger partial charge in [-0.3, -0.25) is 9.88 Å². The molecule has 0 spiro atoms. The van der Waals surface area contributed by atoms with E-state index in [1.807, 2.05) is 12.4 Å². The molecular formula is C26H33N3O. The maximum absolute atomic E-state index is 11.0. The summed E-state index contributed by atoms with van der Waals surface area (Å²) in [7, 11) is 0. The summed E-state index contributed by atoms with van der Waals surface area (Å²) >= 11 is 0. The van der Waals surface area contributed by atoms with Crippen LogP contribution in [0.3, 0.4) is 0 Å². The molecule has 2 heterocycles. The number of hydrogen-bond acceptors (Lipinski definition) is 4. The molecule has 1 fully saturated rings. The molecule has 30 heavy (non-hydrogen) atoms. The quantitative estimate of drug-likeness (QED) is 0.593. The maximum Gasteiger partial charge on any atom is 0.0819 e.